The normalized spacial score (nSPS) is 16.1. The first-order valence-corrected chi connectivity index (χ1v) is 13.8. The maximum atomic E-state index is 12.8. The molecule has 7 nitrogen and oxygen atoms in total. The lowest BCUT2D eigenvalue weighted by atomic mass is 10.1. The number of phenols is 1. The highest BCUT2D eigenvalue weighted by Crippen LogP contribution is 2.40. The predicted octanol–water partition coefficient (Wildman–Crippen LogP) is 4.85. The van der Waals surface area contributed by atoms with Gasteiger partial charge in [-0.3, -0.25) is 9.52 Å². The van der Waals surface area contributed by atoms with Gasteiger partial charge in [0.25, 0.3) is 10.0 Å². The van der Waals surface area contributed by atoms with Crippen LogP contribution in [0.3, 0.4) is 0 Å². The lowest BCUT2D eigenvalue weighted by molar-refractivity contribution is -0.116. The lowest BCUT2D eigenvalue weighted by Crippen LogP contribution is -2.15. The van der Waals surface area contributed by atoms with Crippen LogP contribution in [0.1, 0.15) is 32.1 Å². The van der Waals surface area contributed by atoms with Gasteiger partial charge < -0.3 is 15.2 Å². The molecular weight excluding hydrogens is 456 g/mol. The summed E-state index contributed by atoms with van der Waals surface area (Å²) < 4.78 is 33.2. The van der Waals surface area contributed by atoms with Crippen LogP contribution in [0.4, 0.5) is 11.4 Å². The van der Waals surface area contributed by atoms with Crippen LogP contribution in [0.15, 0.2) is 47.4 Å². The number of amides is 1. The van der Waals surface area contributed by atoms with Crippen LogP contribution >= 0.6 is 21.6 Å². The zero-order chi connectivity index (χ0) is 22.3. The van der Waals surface area contributed by atoms with Crippen LogP contribution in [0.25, 0.3) is 0 Å². The molecule has 168 valence electrons. The van der Waals surface area contributed by atoms with Crippen LogP contribution in [-0.2, 0) is 14.8 Å². The van der Waals surface area contributed by atoms with E-state index in [-0.39, 0.29) is 22.2 Å². The Morgan fingerprint density at radius 1 is 1.19 bits per heavy atom. The molecule has 31 heavy (non-hydrogen) atoms. The predicted molar refractivity (Wildman–Crippen MR) is 127 cm³/mol. The third-order valence-electron chi connectivity index (χ3n) is 4.81. The summed E-state index contributed by atoms with van der Waals surface area (Å²) in [5.41, 5.74) is 0.359. The summed E-state index contributed by atoms with van der Waals surface area (Å²) in [7, 11) is 1.33. The Labute approximate surface area is 190 Å². The Hall–Kier alpha value is -2.04. The summed E-state index contributed by atoms with van der Waals surface area (Å²) in [4.78, 5) is 12.2. The molecule has 1 atom stereocenters. The van der Waals surface area contributed by atoms with Crippen molar-refractivity contribution >= 4 is 48.9 Å². The highest BCUT2D eigenvalue weighted by molar-refractivity contribution is 8.77. The second kappa shape index (κ2) is 11.0. The van der Waals surface area contributed by atoms with Crippen LogP contribution < -0.4 is 14.8 Å². The van der Waals surface area contributed by atoms with Crippen molar-refractivity contribution < 1.29 is 23.1 Å². The minimum Gasteiger partial charge on any atom is -0.506 e. The molecule has 10 heteroatoms. The van der Waals surface area contributed by atoms with Gasteiger partial charge in [0.1, 0.15) is 11.5 Å². The van der Waals surface area contributed by atoms with Gasteiger partial charge in [-0.05, 0) is 49.6 Å². The zero-order valence-electron chi connectivity index (χ0n) is 17.2. The van der Waals surface area contributed by atoms with Gasteiger partial charge in [-0.15, -0.1) is 0 Å². The van der Waals surface area contributed by atoms with E-state index in [0.717, 1.165) is 19.3 Å². The molecule has 1 unspecified atom stereocenters. The van der Waals surface area contributed by atoms with Gasteiger partial charge in [0.05, 0.1) is 23.4 Å². The molecule has 1 heterocycles. The van der Waals surface area contributed by atoms with E-state index >= 15 is 0 Å². The van der Waals surface area contributed by atoms with E-state index in [9.17, 15) is 18.3 Å². The number of unbranched alkanes of at least 4 members (excludes halogenated alkanes) is 1. The SMILES string of the molecule is COc1ccccc1NS(=O)(=O)c1ccc(O)c(NC(=O)CCCCC2CCSS2)c1. The summed E-state index contributed by atoms with van der Waals surface area (Å²) >= 11 is 0. The first-order valence-electron chi connectivity index (χ1n) is 9.96. The number of nitrogens with one attached hydrogen (secondary N) is 2. The molecule has 2 aromatic rings. The summed E-state index contributed by atoms with van der Waals surface area (Å²) in [5, 5.41) is 13.4. The molecule has 0 radical (unpaired) electrons. The van der Waals surface area contributed by atoms with E-state index in [1.54, 1.807) is 24.3 Å². The van der Waals surface area contributed by atoms with Crippen molar-refractivity contribution in [3.8, 4) is 11.5 Å². The molecule has 2 aromatic carbocycles. The molecule has 1 fully saturated rings. The van der Waals surface area contributed by atoms with Crippen LogP contribution in [0.5, 0.6) is 11.5 Å². The molecule has 3 rings (SSSR count). The molecule has 0 aliphatic carbocycles. The number of rotatable bonds is 10. The van der Waals surface area contributed by atoms with Gasteiger partial charge >= 0.3 is 0 Å². The van der Waals surface area contributed by atoms with Crippen LogP contribution in [-0.4, -0.2) is 37.5 Å². The highest BCUT2D eigenvalue weighted by Gasteiger charge is 2.19. The molecule has 0 aromatic heterocycles. The number of hydrogen-bond acceptors (Lipinski definition) is 7. The monoisotopic (exact) mass is 482 g/mol. The summed E-state index contributed by atoms with van der Waals surface area (Å²) in [6, 6.07) is 10.4. The van der Waals surface area contributed by atoms with Crippen LogP contribution in [0.2, 0.25) is 0 Å². The van der Waals surface area contributed by atoms with E-state index in [4.69, 9.17) is 4.74 Å². The molecular formula is C21H26N2O5S3. The summed E-state index contributed by atoms with van der Waals surface area (Å²) in [6.45, 7) is 0. The molecule has 1 saturated heterocycles. The van der Waals surface area contributed by atoms with Gasteiger partial charge in [0.15, 0.2) is 0 Å². The van der Waals surface area contributed by atoms with Crippen LogP contribution in [0, 0.1) is 0 Å². The number of methoxy groups -OCH3 is 1. The molecule has 0 saturated carbocycles. The molecule has 1 aliphatic heterocycles. The van der Waals surface area contributed by atoms with E-state index < -0.39 is 10.0 Å². The van der Waals surface area contributed by atoms with Crippen molar-refractivity contribution in [3.63, 3.8) is 0 Å². The number of benzene rings is 2. The minimum atomic E-state index is -3.95. The number of carbonyl (C=O) groups is 1. The maximum absolute atomic E-state index is 12.8. The number of sulfonamides is 1. The largest absolute Gasteiger partial charge is 0.506 e. The number of anilines is 2. The Morgan fingerprint density at radius 3 is 2.74 bits per heavy atom. The quantitative estimate of drug-likeness (QED) is 0.252. The third kappa shape index (κ3) is 6.72. The number of hydrogen-bond donors (Lipinski definition) is 3. The third-order valence-corrected chi connectivity index (χ3v) is 9.18. The standard InChI is InChI=1S/C21H26N2O5S3/c1-28-20-8-4-3-7-17(20)23-31(26,27)16-10-11-19(24)18(14-16)22-21(25)9-5-2-6-15-12-13-29-30-15/h3-4,7-8,10-11,14-15,23-24H,2,5-6,9,12-13H2,1H3,(H,22,25). The molecule has 3 N–H and O–H groups in total. The minimum absolute atomic E-state index is 0.0654. The number of ether oxygens (including phenoxy) is 1. The van der Waals surface area contributed by atoms with Crippen molar-refractivity contribution in [1.82, 2.24) is 0 Å². The van der Waals surface area contributed by atoms with Gasteiger partial charge in [-0.1, -0.05) is 40.1 Å². The van der Waals surface area contributed by atoms with E-state index in [1.165, 1.54) is 37.5 Å². The number of para-hydroxylation sites is 2. The van der Waals surface area contributed by atoms with Gasteiger partial charge in [-0.2, -0.15) is 0 Å². The van der Waals surface area contributed by atoms with Crippen molar-refractivity contribution in [2.24, 2.45) is 0 Å². The average molecular weight is 483 g/mol. The van der Waals surface area contributed by atoms with Gasteiger partial charge in [0.2, 0.25) is 5.91 Å². The fourth-order valence-electron chi connectivity index (χ4n) is 3.15. The smallest absolute Gasteiger partial charge is 0.262 e. The Balaban J connectivity index is 1.61. The summed E-state index contributed by atoms with van der Waals surface area (Å²) in [5.74, 6) is 1.13. The molecule has 1 amide bonds. The Kier molecular flexibility index (Phi) is 8.39. The Morgan fingerprint density at radius 2 is 2.00 bits per heavy atom. The second-order valence-corrected chi connectivity index (χ2v) is 11.6. The van der Waals surface area contributed by atoms with E-state index in [1.807, 2.05) is 21.6 Å². The Bertz CT molecular complexity index is 1010. The molecule has 0 spiro atoms. The first-order chi connectivity index (χ1) is 14.9. The van der Waals surface area contributed by atoms with Gasteiger partial charge in [-0.25, -0.2) is 8.42 Å². The van der Waals surface area contributed by atoms with E-state index in [0.29, 0.717) is 23.1 Å². The number of phenolic OH excluding ortho intramolecular Hbond substituents is 1. The second-order valence-electron chi connectivity index (χ2n) is 7.11. The van der Waals surface area contributed by atoms with Crippen molar-refractivity contribution in [1.29, 1.82) is 0 Å². The average Bonchev–Trinajstić information content (AvgIpc) is 3.26. The first kappa shape index (κ1) is 23.6. The fraction of sp³-hybridized carbons (Fsp3) is 0.381. The zero-order valence-corrected chi connectivity index (χ0v) is 19.6. The lowest BCUT2D eigenvalue weighted by Gasteiger charge is -2.13. The number of carbonyl (C=O) groups excluding carboxylic acids is 1. The van der Waals surface area contributed by atoms with Crippen molar-refractivity contribution in [3.05, 3.63) is 42.5 Å². The number of aromatic hydroxyl groups is 1. The molecule has 1 aliphatic rings. The highest BCUT2D eigenvalue weighted by atomic mass is 33.1. The topological polar surface area (TPSA) is 105 Å². The fourth-order valence-corrected chi connectivity index (χ4v) is 7.27. The van der Waals surface area contributed by atoms with Crippen molar-refractivity contribution in [2.45, 2.75) is 42.2 Å². The van der Waals surface area contributed by atoms with Crippen molar-refractivity contribution in [2.75, 3.05) is 22.9 Å². The van der Waals surface area contributed by atoms with E-state index in [2.05, 4.69) is 10.0 Å². The summed E-state index contributed by atoms with van der Waals surface area (Å²) in [6.07, 6.45) is 4.36. The van der Waals surface area contributed by atoms with Gasteiger partial charge in [0, 0.05) is 17.4 Å². The maximum Gasteiger partial charge on any atom is 0.262 e. The molecule has 0 bridgehead atoms.